The fraction of sp³-hybridized carbons (Fsp3) is 0.750. The molecule has 0 amide bonds. The van der Waals surface area contributed by atoms with Crippen LogP contribution in [0, 0.1) is 11.8 Å². The highest BCUT2D eigenvalue weighted by Crippen LogP contribution is 2.28. The van der Waals surface area contributed by atoms with Gasteiger partial charge in [-0.2, -0.15) is 0 Å². The summed E-state index contributed by atoms with van der Waals surface area (Å²) in [6, 6.07) is 0. The minimum Gasteiger partial charge on any atom is -0.312 e. The second-order valence-electron chi connectivity index (χ2n) is 4.62. The lowest BCUT2D eigenvalue weighted by Gasteiger charge is -2.28. The largest absolute Gasteiger partial charge is 0.312 e. The Morgan fingerprint density at radius 3 is 3.07 bits per heavy atom. The zero-order chi connectivity index (χ0) is 10.5. The van der Waals surface area contributed by atoms with Crippen molar-refractivity contribution in [1.29, 1.82) is 0 Å². The van der Waals surface area contributed by atoms with Crippen molar-refractivity contribution >= 4 is 11.3 Å². The average molecular weight is 224 g/mol. The van der Waals surface area contributed by atoms with Crippen molar-refractivity contribution in [3.8, 4) is 0 Å². The highest BCUT2D eigenvalue weighted by atomic mass is 32.1. The second kappa shape index (κ2) is 5.61. The molecular formula is C12H20N2S. The predicted molar refractivity (Wildman–Crippen MR) is 64.9 cm³/mol. The van der Waals surface area contributed by atoms with E-state index in [0.717, 1.165) is 18.4 Å². The molecule has 2 nitrogen and oxygen atoms in total. The molecule has 1 aromatic rings. The van der Waals surface area contributed by atoms with Crippen molar-refractivity contribution in [2.45, 2.75) is 39.2 Å². The monoisotopic (exact) mass is 224 g/mol. The van der Waals surface area contributed by atoms with Gasteiger partial charge in [0.05, 0.1) is 5.51 Å². The molecule has 3 heteroatoms. The normalized spacial score (nSPS) is 26.7. The van der Waals surface area contributed by atoms with Gasteiger partial charge >= 0.3 is 0 Å². The second-order valence-corrected chi connectivity index (χ2v) is 5.59. The van der Waals surface area contributed by atoms with E-state index < -0.39 is 0 Å². The number of aromatic nitrogens is 1. The van der Waals surface area contributed by atoms with Crippen LogP contribution in [0.5, 0.6) is 0 Å². The van der Waals surface area contributed by atoms with E-state index in [-0.39, 0.29) is 0 Å². The Balaban J connectivity index is 1.68. The van der Waals surface area contributed by atoms with E-state index in [9.17, 15) is 0 Å². The Morgan fingerprint density at radius 1 is 1.47 bits per heavy atom. The number of hydrogen-bond acceptors (Lipinski definition) is 3. The maximum absolute atomic E-state index is 4.08. The van der Waals surface area contributed by atoms with Gasteiger partial charge in [-0.15, -0.1) is 11.3 Å². The molecule has 1 saturated carbocycles. The van der Waals surface area contributed by atoms with Crippen molar-refractivity contribution < 1.29 is 0 Å². The van der Waals surface area contributed by atoms with Crippen molar-refractivity contribution in [3.63, 3.8) is 0 Å². The standard InChI is InChI=1S/C12H20N2S/c1-10-4-2-3-5-11(10)6-13-7-12-8-14-9-15-12/h8-11,13H,2-7H2,1H3. The van der Waals surface area contributed by atoms with Gasteiger partial charge in [0.2, 0.25) is 0 Å². The van der Waals surface area contributed by atoms with Crippen molar-refractivity contribution in [1.82, 2.24) is 10.3 Å². The maximum atomic E-state index is 4.08. The molecule has 0 bridgehead atoms. The lowest BCUT2D eigenvalue weighted by molar-refractivity contribution is 0.248. The molecular weight excluding hydrogens is 204 g/mol. The molecule has 2 rings (SSSR count). The van der Waals surface area contributed by atoms with E-state index in [1.807, 2.05) is 11.7 Å². The van der Waals surface area contributed by atoms with Crippen LogP contribution in [-0.4, -0.2) is 11.5 Å². The molecule has 15 heavy (non-hydrogen) atoms. The first-order chi connectivity index (χ1) is 7.36. The van der Waals surface area contributed by atoms with Crippen molar-refractivity contribution in [2.75, 3.05) is 6.54 Å². The van der Waals surface area contributed by atoms with Gasteiger partial charge in [0.25, 0.3) is 0 Å². The lowest BCUT2D eigenvalue weighted by atomic mass is 9.80. The van der Waals surface area contributed by atoms with E-state index in [4.69, 9.17) is 0 Å². The molecule has 2 atom stereocenters. The summed E-state index contributed by atoms with van der Waals surface area (Å²) in [7, 11) is 0. The summed E-state index contributed by atoms with van der Waals surface area (Å²) in [6.45, 7) is 4.57. The van der Waals surface area contributed by atoms with Crippen LogP contribution >= 0.6 is 11.3 Å². The molecule has 0 radical (unpaired) electrons. The van der Waals surface area contributed by atoms with Crippen LogP contribution in [0.1, 0.15) is 37.5 Å². The zero-order valence-corrected chi connectivity index (χ0v) is 10.2. The third kappa shape index (κ3) is 3.28. The smallest absolute Gasteiger partial charge is 0.0794 e. The fourth-order valence-corrected chi connectivity index (χ4v) is 2.97. The Morgan fingerprint density at radius 2 is 2.33 bits per heavy atom. The lowest BCUT2D eigenvalue weighted by Crippen LogP contribution is -2.28. The number of hydrogen-bond donors (Lipinski definition) is 1. The van der Waals surface area contributed by atoms with Crippen LogP contribution in [0.4, 0.5) is 0 Å². The maximum Gasteiger partial charge on any atom is 0.0794 e. The first-order valence-corrected chi connectivity index (χ1v) is 6.82. The minimum atomic E-state index is 0.895. The topological polar surface area (TPSA) is 24.9 Å². The van der Waals surface area contributed by atoms with Crippen LogP contribution in [0.25, 0.3) is 0 Å². The zero-order valence-electron chi connectivity index (χ0n) is 9.41. The van der Waals surface area contributed by atoms with Crippen LogP contribution in [0.15, 0.2) is 11.7 Å². The molecule has 0 aliphatic heterocycles. The summed E-state index contributed by atoms with van der Waals surface area (Å²) in [4.78, 5) is 5.43. The van der Waals surface area contributed by atoms with Gasteiger partial charge in [-0.05, 0) is 24.8 Å². The van der Waals surface area contributed by atoms with E-state index in [1.165, 1.54) is 37.1 Å². The van der Waals surface area contributed by atoms with Gasteiger partial charge in [0, 0.05) is 17.6 Å². The fourth-order valence-electron chi connectivity index (χ4n) is 2.41. The molecule has 84 valence electrons. The molecule has 2 unspecified atom stereocenters. The molecule has 0 aromatic carbocycles. The molecule has 0 spiro atoms. The van der Waals surface area contributed by atoms with Crippen LogP contribution in [0.2, 0.25) is 0 Å². The number of thiazole rings is 1. The van der Waals surface area contributed by atoms with E-state index in [2.05, 4.69) is 17.2 Å². The Labute approximate surface area is 96.1 Å². The third-order valence-electron chi connectivity index (χ3n) is 3.48. The third-order valence-corrected chi connectivity index (χ3v) is 4.26. The molecule has 1 fully saturated rings. The quantitative estimate of drug-likeness (QED) is 0.850. The summed E-state index contributed by atoms with van der Waals surface area (Å²) < 4.78 is 0. The SMILES string of the molecule is CC1CCCCC1CNCc1cncs1. The minimum absolute atomic E-state index is 0.895. The Kier molecular flexibility index (Phi) is 4.15. The summed E-state index contributed by atoms with van der Waals surface area (Å²) in [5.74, 6) is 1.80. The van der Waals surface area contributed by atoms with Gasteiger partial charge < -0.3 is 5.32 Å². The average Bonchev–Trinajstić information content (AvgIpc) is 2.74. The molecule has 1 heterocycles. The number of nitrogens with zero attached hydrogens (tertiary/aromatic N) is 1. The van der Waals surface area contributed by atoms with E-state index in [0.29, 0.717) is 0 Å². The van der Waals surface area contributed by atoms with Gasteiger partial charge in [0.15, 0.2) is 0 Å². The predicted octanol–water partition coefficient (Wildman–Crippen LogP) is 3.06. The molecule has 1 aliphatic carbocycles. The highest BCUT2D eigenvalue weighted by Gasteiger charge is 2.20. The van der Waals surface area contributed by atoms with E-state index in [1.54, 1.807) is 11.3 Å². The first kappa shape index (κ1) is 11.1. The van der Waals surface area contributed by atoms with Gasteiger partial charge in [-0.25, -0.2) is 0 Å². The molecule has 0 saturated heterocycles. The van der Waals surface area contributed by atoms with Crippen LogP contribution in [-0.2, 0) is 6.54 Å². The Bertz CT molecular complexity index is 271. The van der Waals surface area contributed by atoms with E-state index >= 15 is 0 Å². The van der Waals surface area contributed by atoms with Gasteiger partial charge in [-0.3, -0.25) is 4.98 Å². The van der Waals surface area contributed by atoms with Crippen molar-refractivity contribution in [2.24, 2.45) is 11.8 Å². The first-order valence-electron chi connectivity index (χ1n) is 5.94. The highest BCUT2D eigenvalue weighted by molar-refractivity contribution is 7.09. The van der Waals surface area contributed by atoms with Crippen LogP contribution < -0.4 is 5.32 Å². The molecule has 1 aromatic heterocycles. The number of rotatable bonds is 4. The summed E-state index contributed by atoms with van der Waals surface area (Å²) in [5, 5.41) is 3.56. The van der Waals surface area contributed by atoms with Gasteiger partial charge in [0.1, 0.15) is 0 Å². The molecule has 1 aliphatic rings. The van der Waals surface area contributed by atoms with Gasteiger partial charge in [-0.1, -0.05) is 26.2 Å². The van der Waals surface area contributed by atoms with Crippen LogP contribution in [0.3, 0.4) is 0 Å². The Hall–Kier alpha value is -0.410. The molecule has 1 N–H and O–H groups in total. The summed E-state index contributed by atoms with van der Waals surface area (Å²) >= 11 is 1.74. The number of nitrogens with one attached hydrogen (secondary N) is 1. The summed E-state index contributed by atoms with van der Waals surface area (Å²) in [6.07, 6.45) is 7.66. The van der Waals surface area contributed by atoms with Crippen molar-refractivity contribution in [3.05, 3.63) is 16.6 Å². The summed E-state index contributed by atoms with van der Waals surface area (Å²) in [5.41, 5.74) is 1.90.